The van der Waals surface area contributed by atoms with E-state index >= 15 is 0 Å². The van der Waals surface area contributed by atoms with Gasteiger partial charge in [0.2, 0.25) is 0 Å². The van der Waals surface area contributed by atoms with Gasteiger partial charge in [0.15, 0.2) is 5.69 Å². The minimum absolute atomic E-state index is 0.100. The lowest BCUT2D eigenvalue weighted by atomic mass is 10.2. The van der Waals surface area contributed by atoms with Crippen molar-refractivity contribution in [3.63, 3.8) is 0 Å². The number of ether oxygens (including phenoxy) is 1. The molecule has 1 aromatic carbocycles. The van der Waals surface area contributed by atoms with Gasteiger partial charge in [0, 0.05) is 18.2 Å². The Hall–Kier alpha value is -1.96. The maximum Gasteiger partial charge on any atom is 0.273 e. The lowest BCUT2D eigenvalue weighted by molar-refractivity contribution is 0.0417. The van der Waals surface area contributed by atoms with Crippen LogP contribution in [0.3, 0.4) is 0 Å². The first-order chi connectivity index (χ1) is 11.1. The molecule has 23 heavy (non-hydrogen) atoms. The lowest BCUT2D eigenvalue weighted by Gasteiger charge is -2.10. The molecule has 0 saturated carbocycles. The first kappa shape index (κ1) is 17.4. The molecule has 124 valence electrons. The third-order valence-corrected chi connectivity index (χ3v) is 3.29. The lowest BCUT2D eigenvalue weighted by Crippen LogP contribution is -2.34. The average molecular weight is 339 g/mol. The predicted molar refractivity (Wildman–Crippen MR) is 85.4 cm³/mol. The smallest absolute Gasteiger partial charge is 0.273 e. The molecule has 0 saturated heterocycles. The largest absolute Gasteiger partial charge is 0.389 e. The van der Waals surface area contributed by atoms with E-state index in [2.05, 4.69) is 15.6 Å². The van der Waals surface area contributed by atoms with Crippen LogP contribution < -0.4 is 5.32 Å². The molecule has 0 spiro atoms. The van der Waals surface area contributed by atoms with Gasteiger partial charge in [-0.05, 0) is 24.6 Å². The Morgan fingerprint density at radius 2 is 2.17 bits per heavy atom. The van der Waals surface area contributed by atoms with Crippen molar-refractivity contribution >= 4 is 17.5 Å². The zero-order chi connectivity index (χ0) is 16.7. The van der Waals surface area contributed by atoms with Crippen molar-refractivity contribution in [3.05, 3.63) is 46.7 Å². The van der Waals surface area contributed by atoms with Crippen molar-refractivity contribution in [1.29, 1.82) is 0 Å². The van der Waals surface area contributed by atoms with E-state index in [1.165, 1.54) is 0 Å². The number of benzene rings is 1. The maximum absolute atomic E-state index is 11.9. The maximum atomic E-state index is 11.9. The second-order valence-corrected chi connectivity index (χ2v) is 5.39. The summed E-state index contributed by atoms with van der Waals surface area (Å²) in [5.74, 6) is -0.386. The summed E-state index contributed by atoms with van der Waals surface area (Å²) in [4.78, 5) is 11.9. The van der Waals surface area contributed by atoms with Crippen LogP contribution in [0.5, 0.6) is 0 Å². The van der Waals surface area contributed by atoms with Gasteiger partial charge in [0.1, 0.15) is 0 Å². The second-order valence-electron chi connectivity index (χ2n) is 4.95. The van der Waals surface area contributed by atoms with Crippen LogP contribution in [-0.2, 0) is 11.3 Å². The van der Waals surface area contributed by atoms with Crippen molar-refractivity contribution in [2.75, 3.05) is 19.8 Å². The van der Waals surface area contributed by atoms with Gasteiger partial charge in [0.25, 0.3) is 5.91 Å². The third kappa shape index (κ3) is 5.63. The molecule has 0 bridgehead atoms. The summed E-state index contributed by atoms with van der Waals surface area (Å²) in [5, 5.41) is 20.6. The minimum Gasteiger partial charge on any atom is -0.389 e. The minimum atomic E-state index is -0.747. The predicted octanol–water partition coefficient (Wildman–Crippen LogP) is 1.11. The molecule has 0 aliphatic rings. The first-order valence-corrected chi connectivity index (χ1v) is 7.65. The fraction of sp³-hybridized carbons (Fsp3) is 0.400. The Morgan fingerprint density at radius 3 is 2.87 bits per heavy atom. The molecule has 7 nitrogen and oxygen atoms in total. The van der Waals surface area contributed by atoms with E-state index in [1.54, 1.807) is 23.0 Å². The Labute approximate surface area is 139 Å². The van der Waals surface area contributed by atoms with Crippen LogP contribution >= 0.6 is 11.6 Å². The zero-order valence-corrected chi connectivity index (χ0v) is 13.5. The Balaban J connectivity index is 1.85. The van der Waals surface area contributed by atoms with Crippen LogP contribution in [0.15, 0.2) is 30.5 Å². The highest BCUT2D eigenvalue weighted by Gasteiger charge is 2.13. The molecular weight excluding hydrogens is 320 g/mol. The standard InChI is InChI=1S/C15H19ClN4O3/c1-2-23-10-13(21)7-17-15(22)14-9-20(19-18-14)8-11-3-5-12(16)6-4-11/h3-6,9,13,21H,2,7-8,10H2,1H3,(H,17,22)/t13-/m0/s1. The molecule has 0 aliphatic carbocycles. The first-order valence-electron chi connectivity index (χ1n) is 7.27. The van der Waals surface area contributed by atoms with Crippen molar-refractivity contribution in [3.8, 4) is 0 Å². The summed E-state index contributed by atoms with van der Waals surface area (Å²) in [5.41, 5.74) is 1.20. The number of halogens is 1. The van der Waals surface area contributed by atoms with Gasteiger partial charge in [0.05, 0.1) is 25.5 Å². The summed E-state index contributed by atoms with van der Waals surface area (Å²) in [6, 6.07) is 7.35. The van der Waals surface area contributed by atoms with Gasteiger partial charge >= 0.3 is 0 Å². The van der Waals surface area contributed by atoms with Crippen molar-refractivity contribution in [1.82, 2.24) is 20.3 Å². The van der Waals surface area contributed by atoms with Crippen LogP contribution in [0.4, 0.5) is 0 Å². The van der Waals surface area contributed by atoms with E-state index in [0.29, 0.717) is 18.2 Å². The molecule has 1 aromatic heterocycles. The van der Waals surface area contributed by atoms with Gasteiger partial charge in [-0.3, -0.25) is 4.79 Å². The van der Waals surface area contributed by atoms with Gasteiger partial charge in [-0.1, -0.05) is 28.9 Å². The molecule has 0 unspecified atom stereocenters. The number of nitrogens with zero attached hydrogens (tertiary/aromatic N) is 3. The van der Waals surface area contributed by atoms with Gasteiger partial charge in [-0.15, -0.1) is 5.10 Å². The number of carbonyl (C=O) groups excluding carboxylic acids is 1. The number of rotatable bonds is 8. The molecule has 8 heteroatoms. The zero-order valence-electron chi connectivity index (χ0n) is 12.8. The Bertz CT molecular complexity index is 630. The number of amides is 1. The van der Waals surface area contributed by atoms with E-state index in [0.717, 1.165) is 5.56 Å². The number of aromatic nitrogens is 3. The summed E-state index contributed by atoms with van der Waals surface area (Å²) < 4.78 is 6.63. The van der Waals surface area contributed by atoms with E-state index in [9.17, 15) is 9.90 Å². The normalized spacial score (nSPS) is 12.1. The molecule has 1 amide bonds. The van der Waals surface area contributed by atoms with Crippen molar-refractivity contribution < 1.29 is 14.6 Å². The highest BCUT2D eigenvalue weighted by Crippen LogP contribution is 2.10. The number of hydrogen-bond donors (Lipinski definition) is 2. The van der Waals surface area contributed by atoms with E-state index in [4.69, 9.17) is 16.3 Å². The van der Waals surface area contributed by atoms with Gasteiger partial charge in [-0.25, -0.2) is 4.68 Å². The third-order valence-electron chi connectivity index (χ3n) is 3.04. The molecule has 2 N–H and O–H groups in total. The number of hydrogen-bond acceptors (Lipinski definition) is 5. The molecular formula is C15H19ClN4O3. The molecule has 2 rings (SSSR count). The highest BCUT2D eigenvalue weighted by atomic mass is 35.5. The van der Waals surface area contributed by atoms with Crippen LogP contribution in [-0.4, -0.2) is 51.9 Å². The van der Waals surface area contributed by atoms with E-state index in [1.807, 2.05) is 19.1 Å². The summed E-state index contributed by atoms with van der Waals surface area (Å²) in [6.07, 6.45) is 0.807. The molecule has 1 heterocycles. The SMILES string of the molecule is CCOC[C@@H](O)CNC(=O)c1cn(Cc2ccc(Cl)cc2)nn1. The quantitative estimate of drug-likeness (QED) is 0.752. The second kappa shape index (κ2) is 8.61. The molecule has 0 radical (unpaired) electrons. The summed E-state index contributed by atoms with van der Waals surface area (Å²) in [7, 11) is 0. The Kier molecular flexibility index (Phi) is 6.52. The Morgan fingerprint density at radius 1 is 1.43 bits per heavy atom. The van der Waals surface area contributed by atoms with Crippen molar-refractivity contribution in [2.24, 2.45) is 0 Å². The number of nitrogens with one attached hydrogen (secondary N) is 1. The average Bonchev–Trinajstić information content (AvgIpc) is 3.01. The molecule has 0 fully saturated rings. The van der Waals surface area contributed by atoms with Gasteiger partial charge in [-0.2, -0.15) is 0 Å². The fourth-order valence-corrected chi connectivity index (χ4v) is 2.00. The summed E-state index contributed by atoms with van der Waals surface area (Å²) in [6.45, 7) is 3.13. The molecule has 2 aromatic rings. The number of aliphatic hydroxyl groups excluding tert-OH is 1. The summed E-state index contributed by atoms with van der Waals surface area (Å²) >= 11 is 5.84. The van der Waals surface area contributed by atoms with Crippen LogP contribution in [0, 0.1) is 0 Å². The topological polar surface area (TPSA) is 89.3 Å². The van der Waals surface area contributed by atoms with Crippen LogP contribution in [0.2, 0.25) is 5.02 Å². The monoisotopic (exact) mass is 338 g/mol. The molecule has 1 atom stereocenters. The fourth-order valence-electron chi connectivity index (χ4n) is 1.87. The highest BCUT2D eigenvalue weighted by molar-refractivity contribution is 6.30. The molecule has 0 aliphatic heterocycles. The van der Waals surface area contributed by atoms with E-state index in [-0.39, 0.29) is 24.8 Å². The van der Waals surface area contributed by atoms with Gasteiger partial charge < -0.3 is 15.2 Å². The van der Waals surface area contributed by atoms with Crippen molar-refractivity contribution in [2.45, 2.75) is 19.6 Å². The van der Waals surface area contributed by atoms with E-state index < -0.39 is 6.10 Å². The number of aliphatic hydroxyl groups is 1. The van der Waals surface area contributed by atoms with Crippen LogP contribution in [0.1, 0.15) is 23.0 Å². The van der Waals surface area contributed by atoms with Crippen LogP contribution in [0.25, 0.3) is 0 Å². The number of carbonyl (C=O) groups is 1.